The van der Waals surface area contributed by atoms with Gasteiger partial charge in [0.2, 0.25) is 0 Å². The minimum Gasteiger partial charge on any atom is -0.441 e. The zero-order valence-corrected chi connectivity index (χ0v) is 17.7. The summed E-state index contributed by atoms with van der Waals surface area (Å²) in [6, 6.07) is 6.00. The zero-order chi connectivity index (χ0) is 20.0. The number of aromatic nitrogens is 1. The molecule has 1 aromatic heterocycles. The van der Waals surface area contributed by atoms with Crippen LogP contribution in [0.25, 0.3) is 16.4 Å². The number of allylic oxidation sites excluding steroid dienone is 2. The second-order valence-corrected chi connectivity index (χ2v) is 9.04. The maximum atomic E-state index is 12.9. The first-order chi connectivity index (χ1) is 14.1. The molecule has 0 saturated heterocycles. The summed E-state index contributed by atoms with van der Waals surface area (Å²) in [5, 5.41) is 1.07. The molecule has 2 unspecified atom stereocenters. The highest BCUT2D eigenvalue weighted by Gasteiger charge is 2.29. The predicted octanol–water partition coefficient (Wildman–Crippen LogP) is 4.43. The van der Waals surface area contributed by atoms with Crippen LogP contribution in [-0.2, 0) is 4.79 Å². The molecule has 0 N–H and O–H groups in total. The van der Waals surface area contributed by atoms with Gasteiger partial charge in [-0.3, -0.25) is 9.69 Å². The van der Waals surface area contributed by atoms with Crippen molar-refractivity contribution in [2.45, 2.75) is 26.1 Å². The van der Waals surface area contributed by atoms with Gasteiger partial charge in [0.25, 0.3) is 5.91 Å². The van der Waals surface area contributed by atoms with E-state index in [0.29, 0.717) is 14.5 Å². The lowest BCUT2D eigenvalue weighted by molar-refractivity contribution is -0.123. The molecule has 3 aliphatic rings. The molecule has 29 heavy (non-hydrogen) atoms. The van der Waals surface area contributed by atoms with E-state index in [2.05, 4.69) is 35.0 Å². The van der Waals surface area contributed by atoms with Crippen LogP contribution in [-0.4, -0.2) is 46.1 Å². The average molecular weight is 405 g/mol. The van der Waals surface area contributed by atoms with E-state index in [4.69, 9.17) is 4.42 Å². The number of carbonyl (C=O) groups excluding carboxylic acids is 1. The Morgan fingerprint density at radius 2 is 2.24 bits per heavy atom. The monoisotopic (exact) mass is 405 g/mol. The Hall–Kier alpha value is -2.49. The quantitative estimate of drug-likeness (QED) is 0.709. The molecular weight excluding hydrogens is 381 g/mol. The minimum atomic E-state index is 0.0473. The average Bonchev–Trinajstić information content (AvgIpc) is 3.12. The lowest BCUT2D eigenvalue weighted by Gasteiger charge is -2.35. The summed E-state index contributed by atoms with van der Waals surface area (Å²) >= 11 is 0. The molecule has 2 aromatic rings. The van der Waals surface area contributed by atoms with Crippen LogP contribution in [0.2, 0.25) is 0 Å². The van der Waals surface area contributed by atoms with Gasteiger partial charge in [0.1, 0.15) is 5.52 Å². The first kappa shape index (κ1) is 18.5. The molecule has 0 fully saturated rings. The molecule has 6 heteroatoms. The maximum Gasteiger partial charge on any atom is 0.252 e. The Balaban J connectivity index is 1.40. The number of hydrogen-bond donors (Lipinski definition) is 0. The third kappa shape index (κ3) is 3.50. The van der Waals surface area contributed by atoms with Gasteiger partial charge in [-0.1, -0.05) is 39.8 Å². The molecule has 5 rings (SSSR count). The Morgan fingerprint density at radius 1 is 1.34 bits per heavy atom. The molecule has 148 valence electrons. The second kappa shape index (κ2) is 7.40. The number of likely N-dealkylation sites (N-methyl/N-ethyl adjacent to an activating group) is 1. The van der Waals surface area contributed by atoms with Crippen molar-refractivity contribution in [2.75, 3.05) is 19.6 Å². The molecule has 5 nitrogen and oxygen atoms in total. The summed E-state index contributed by atoms with van der Waals surface area (Å²) in [5.41, 5.74) is 5.18. The van der Waals surface area contributed by atoms with Gasteiger partial charge in [-0.15, -0.1) is 0 Å². The molecule has 0 radical (unpaired) electrons. The fraction of sp³-hybridized carbons (Fsp3) is 0.304. The van der Waals surface area contributed by atoms with Crippen LogP contribution >= 0.6 is 8.58 Å². The summed E-state index contributed by atoms with van der Waals surface area (Å²) in [4.78, 5) is 21.6. The first-order valence-corrected chi connectivity index (χ1v) is 11.2. The van der Waals surface area contributed by atoms with E-state index in [0.717, 1.165) is 48.0 Å². The maximum absolute atomic E-state index is 12.9. The van der Waals surface area contributed by atoms with Crippen LogP contribution in [0.15, 0.2) is 64.3 Å². The number of nitrogens with zero attached hydrogens (tertiary/aromatic N) is 3. The van der Waals surface area contributed by atoms with Crippen molar-refractivity contribution in [3.8, 4) is 0 Å². The highest BCUT2D eigenvalue weighted by Crippen LogP contribution is 2.45. The van der Waals surface area contributed by atoms with Crippen LogP contribution in [0, 0.1) is 6.92 Å². The molecule has 4 heterocycles. The standard InChI is InChI=1S/C23H24N3O2P/c1-3-25-10-8-16(9-11-25)18-5-7-23-26(14-18)22(27)13-21(29-23)17-4-6-19-20(12-17)28-15(2)24-19/h4-8,12-14,23,29H,3,9-11H2,1-2H3. The molecule has 0 bridgehead atoms. The second-order valence-electron chi connectivity index (χ2n) is 7.62. The van der Waals surface area contributed by atoms with Gasteiger partial charge in [0.15, 0.2) is 11.5 Å². The van der Waals surface area contributed by atoms with Gasteiger partial charge in [0, 0.05) is 32.3 Å². The van der Waals surface area contributed by atoms with E-state index >= 15 is 0 Å². The van der Waals surface area contributed by atoms with Crippen LogP contribution in [0.4, 0.5) is 0 Å². The minimum absolute atomic E-state index is 0.0473. The van der Waals surface area contributed by atoms with Gasteiger partial charge >= 0.3 is 0 Å². The van der Waals surface area contributed by atoms with Gasteiger partial charge in [-0.05, 0) is 47.1 Å². The number of fused-ring (bicyclic) bond motifs is 2. The van der Waals surface area contributed by atoms with Crippen molar-refractivity contribution in [1.82, 2.24) is 14.8 Å². The summed E-state index contributed by atoms with van der Waals surface area (Å²) in [6.07, 6.45) is 11.5. The zero-order valence-electron chi connectivity index (χ0n) is 16.7. The predicted molar refractivity (Wildman–Crippen MR) is 118 cm³/mol. The van der Waals surface area contributed by atoms with Crippen molar-refractivity contribution in [2.24, 2.45) is 0 Å². The molecule has 1 aromatic carbocycles. The highest BCUT2D eigenvalue weighted by atomic mass is 31.1. The Bertz CT molecular complexity index is 1110. The largest absolute Gasteiger partial charge is 0.441 e. The van der Waals surface area contributed by atoms with Crippen molar-refractivity contribution in [1.29, 1.82) is 0 Å². The van der Waals surface area contributed by atoms with Gasteiger partial charge in [-0.25, -0.2) is 4.98 Å². The number of carbonyl (C=O) groups is 1. The van der Waals surface area contributed by atoms with Crippen molar-refractivity contribution < 1.29 is 9.21 Å². The number of benzene rings is 1. The van der Waals surface area contributed by atoms with Gasteiger partial charge in [0.05, 0.1) is 5.78 Å². The lowest BCUT2D eigenvalue weighted by Crippen LogP contribution is -2.36. The third-order valence-corrected chi connectivity index (χ3v) is 7.29. The van der Waals surface area contributed by atoms with Gasteiger partial charge < -0.3 is 9.32 Å². The lowest BCUT2D eigenvalue weighted by atomic mass is 9.98. The summed E-state index contributed by atoms with van der Waals surface area (Å²) in [7, 11) is 0.503. The van der Waals surface area contributed by atoms with E-state index in [1.807, 2.05) is 36.2 Å². The van der Waals surface area contributed by atoms with Crippen LogP contribution < -0.4 is 0 Å². The van der Waals surface area contributed by atoms with Crippen LogP contribution in [0.1, 0.15) is 24.8 Å². The molecule has 1 amide bonds. The van der Waals surface area contributed by atoms with Crippen molar-refractivity contribution >= 4 is 30.9 Å². The number of rotatable bonds is 3. The molecular formula is C23H24N3O2P. The smallest absolute Gasteiger partial charge is 0.252 e. The first-order valence-electron chi connectivity index (χ1n) is 10.1. The van der Waals surface area contributed by atoms with E-state index in [-0.39, 0.29) is 11.7 Å². The number of amides is 1. The molecule has 2 atom stereocenters. The van der Waals surface area contributed by atoms with Gasteiger partial charge in [-0.2, -0.15) is 0 Å². The van der Waals surface area contributed by atoms with E-state index in [1.54, 1.807) is 6.08 Å². The Morgan fingerprint density at radius 3 is 3.03 bits per heavy atom. The molecule has 0 aliphatic carbocycles. The summed E-state index contributed by atoms with van der Waals surface area (Å²) in [6.45, 7) is 7.20. The fourth-order valence-electron chi connectivity index (χ4n) is 4.10. The fourth-order valence-corrected chi connectivity index (χ4v) is 5.48. The molecule has 3 aliphatic heterocycles. The highest BCUT2D eigenvalue weighted by molar-refractivity contribution is 7.51. The summed E-state index contributed by atoms with van der Waals surface area (Å²) < 4.78 is 5.67. The Labute approximate surface area is 172 Å². The van der Waals surface area contributed by atoms with Crippen LogP contribution in [0.5, 0.6) is 0 Å². The topological polar surface area (TPSA) is 49.6 Å². The van der Waals surface area contributed by atoms with Crippen molar-refractivity contribution in [3.05, 3.63) is 71.3 Å². The van der Waals surface area contributed by atoms with E-state index in [9.17, 15) is 4.79 Å². The summed E-state index contributed by atoms with van der Waals surface area (Å²) in [5.74, 6) is 0.798. The molecule has 0 saturated carbocycles. The van der Waals surface area contributed by atoms with E-state index < -0.39 is 0 Å². The number of aryl methyl sites for hydroxylation is 1. The Kier molecular flexibility index (Phi) is 4.73. The number of oxazole rings is 1. The van der Waals surface area contributed by atoms with Crippen molar-refractivity contribution in [3.63, 3.8) is 0 Å². The number of hydrogen-bond acceptors (Lipinski definition) is 4. The normalized spacial score (nSPS) is 23.2. The van der Waals surface area contributed by atoms with E-state index in [1.165, 1.54) is 11.1 Å². The third-order valence-electron chi connectivity index (χ3n) is 5.78. The molecule has 0 spiro atoms. The SMILES string of the molecule is CCN1CC=C(C2=CN3C(=O)C=C(c4ccc5nc(C)oc5c4)PC3C=C2)CC1. The van der Waals surface area contributed by atoms with Crippen LogP contribution in [0.3, 0.4) is 0 Å².